The number of nitrogens with zero attached hydrogens (tertiary/aromatic N) is 5. The minimum atomic E-state index is -0.497. The molecule has 1 aliphatic heterocycles. The number of thioether (sulfide) groups is 1. The molecule has 350 valence electrons. The number of rotatable bonds is 27. The lowest BCUT2D eigenvalue weighted by Gasteiger charge is -2.30. The van der Waals surface area contributed by atoms with Crippen LogP contribution in [-0.4, -0.2) is 142 Å². The second kappa shape index (κ2) is 25.7. The molecule has 6 amide bonds. The summed E-state index contributed by atoms with van der Waals surface area (Å²) in [6.45, 7) is 7.61. The molecule has 1 saturated carbocycles. The molecule has 20 nitrogen and oxygen atoms in total. The van der Waals surface area contributed by atoms with Crippen molar-refractivity contribution in [3.8, 4) is 6.01 Å². The number of hydrogen-bond donors (Lipinski definition) is 9. The van der Waals surface area contributed by atoms with Crippen LogP contribution in [0.1, 0.15) is 87.1 Å². The minimum Gasteiger partial charge on any atom is -0.480 e. The lowest BCUT2D eigenvalue weighted by molar-refractivity contribution is -0.139. The number of carbonyl (C=O) groups is 6. The Morgan fingerprint density at radius 2 is 1.50 bits per heavy atom. The lowest BCUT2D eigenvalue weighted by atomic mass is 9.81. The van der Waals surface area contributed by atoms with E-state index in [0.29, 0.717) is 48.9 Å². The van der Waals surface area contributed by atoms with Crippen molar-refractivity contribution in [1.29, 1.82) is 0 Å². The van der Waals surface area contributed by atoms with Crippen LogP contribution >= 0.6 is 11.8 Å². The monoisotopic (exact) mass is 907 g/mol. The topological polar surface area (TPSA) is 280 Å². The van der Waals surface area contributed by atoms with Gasteiger partial charge in [-0.3, -0.25) is 38.2 Å². The average molecular weight is 908 g/mol. The van der Waals surface area contributed by atoms with Gasteiger partial charge in [-0.15, -0.1) is 11.8 Å². The Kier molecular flexibility index (Phi) is 19.8. The van der Waals surface area contributed by atoms with Gasteiger partial charge in [-0.2, -0.15) is 15.0 Å². The Labute approximate surface area is 378 Å². The van der Waals surface area contributed by atoms with Gasteiger partial charge in [0, 0.05) is 51.1 Å². The predicted molar refractivity (Wildman–Crippen MR) is 245 cm³/mol. The number of imidazole rings is 1. The predicted octanol–water partition coefficient (Wildman–Crippen LogP) is 1.10. The Morgan fingerprint density at radius 1 is 0.828 bits per heavy atom. The summed E-state index contributed by atoms with van der Waals surface area (Å²) in [7, 11) is 1.54. The lowest BCUT2D eigenvalue weighted by Crippen LogP contribution is -2.39. The normalized spacial score (nSPS) is 17.4. The summed E-state index contributed by atoms with van der Waals surface area (Å²) in [5, 5.41) is 31.0. The summed E-state index contributed by atoms with van der Waals surface area (Å²) < 4.78 is 1.52. The third-order valence-electron chi connectivity index (χ3n) is 11.3. The third kappa shape index (κ3) is 15.0. The molecule has 1 unspecified atom stereocenters. The molecule has 3 aromatic rings. The largest absolute Gasteiger partial charge is 0.480 e. The quantitative estimate of drug-likeness (QED) is 0.0383. The van der Waals surface area contributed by atoms with Crippen LogP contribution in [0.25, 0.3) is 11.2 Å². The Hall–Kier alpha value is -5.54. The summed E-state index contributed by atoms with van der Waals surface area (Å²) in [4.78, 5) is 88.7. The fourth-order valence-electron chi connectivity index (χ4n) is 7.59. The number of nitrogen functional groups attached to an aromatic ring is 1. The zero-order valence-electron chi connectivity index (χ0n) is 37.0. The van der Waals surface area contributed by atoms with Crippen LogP contribution in [0.5, 0.6) is 6.01 Å². The van der Waals surface area contributed by atoms with E-state index in [4.69, 9.17) is 5.73 Å². The molecule has 2 aliphatic rings. The van der Waals surface area contributed by atoms with Gasteiger partial charge < -0.3 is 48.1 Å². The highest BCUT2D eigenvalue weighted by Crippen LogP contribution is 2.32. The molecule has 0 radical (unpaired) electrons. The van der Waals surface area contributed by atoms with Gasteiger partial charge >= 0.3 is 0 Å². The van der Waals surface area contributed by atoms with Crippen molar-refractivity contribution in [3.05, 3.63) is 35.4 Å². The maximum absolute atomic E-state index is 12.8. The first-order valence-electron chi connectivity index (χ1n) is 22.4. The van der Waals surface area contributed by atoms with Crippen molar-refractivity contribution in [1.82, 2.24) is 56.3 Å². The highest BCUT2D eigenvalue weighted by molar-refractivity contribution is 8.01. The molecule has 3 heterocycles. The zero-order valence-corrected chi connectivity index (χ0v) is 37.8. The van der Waals surface area contributed by atoms with Crippen molar-refractivity contribution in [3.63, 3.8) is 0 Å². The van der Waals surface area contributed by atoms with Crippen LogP contribution in [0.15, 0.2) is 24.3 Å². The van der Waals surface area contributed by atoms with Crippen LogP contribution in [0.3, 0.4) is 0 Å². The fraction of sp³-hybridized carbons (Fsp3) is 0.605. The van der Waals surface area contributed by atoms with Gasteiger partial charge in [0.05, 0.1) is 24.1 Å². The van der Waals surface area contributed by atoms with Crippen LogP contribution in [-0.2, 0) is 30.5 Å². The summed E-state index contributed by atoms with van der Waals surface area (Å²) in [6.07, 6.45) is 7.72. The second-order valence-electron chi connectivity index (χ2n) is 16.2. The van der Waals surface area contributed by atoms with Crippen molar-refractivity contribution in [2.75, 3.05) is 82.8 Å². The molecule has 0 spiro atoms. The highest BCUT2D eigenvalue weighted by Gasteiger charge is 2.40. The second-order valence-corrected chi connectivity index (χ2v) is 17.4. The molecule has 64 heavy (non-hydrogen) atoms. The van der Waals surface area contributed by atoms with Crippen LogP contribution in [0, 0.1) is 11.8 Å². The number of benzene rings is 1. The number of imide groups is 1. The average Bonchev–Trinajstić information content (AvgIpc) is 3.76. The van der Waals surface area contributed by atoms with Crippen LogP contribution in [0.2, 0.25) is 0 Å². The maximum Gasteiger partial charge on any atom is 0.296 e. The molecule has 5 rings (SSSR count). The number of unbranched alkanes of at least 4 members (excludes halogenated alkanes) is 1. The summed E-state index contributed by atoms with van der Waals surface area (Å²) in [5.74, 6) is -0.301. The molecule has 2 fully saturated rings. The van der Waals surface area contributed by atoms with Gasteiger partial charge in [-0.25, -0.2) is 0 Å². The molecular formula is C43H65N13O7S. The number of nitrogens with two attached hydrogens (primary N) is 1. The van der Waals surface area contributed by atoms with Crippen LogP contribution < -0.4 is 43.0 Å². The minimum absolute atomic E-state index is 0.0419. The summed E-state index contributed by atoms with van der Waals surface area (Å²) in [6, 6.07) is 6.57. The smallest absolute Gasteiger partial charge is 0.296 e. The highest BCUT2D eigenvalue weighted by atomic mass is 32.2. The number of hydrogen-bond acceptors (Lipinski definition) is 15. The molecule has 21 heteroatoms. The number of carbonyl (C=O) groups excluding carboxylic acids is 6. The van der Waals surface area contributed by atoms with Gasteiger partial charge in [0.15, 0.2) is 17.0 Å². The number of fused-ring (bicyclic) bond motifs is 1. The van der Waals surface area contributed by atoms with Crippen LogP contribution in [0.4, 0.5) is 11.8 Å². The molecule has 1 saturated heterocycles. The van der Waals surface area contributed by atoms with E-state index in [0.717, 1.165) is 89.5 Å². The SMILES string of the molecule is CCCNc1nc(N)c2nc(O)n(Cc3ccc(C(=O)NCC(=O)NCCCNCCCCNCCCNC(=O)C4CCC(CN5C(=O)CC(SCC(=O)NC)C5=O)CC4)cc3)c2n1. The molecule has 2 aromatic heterocycles. The number of anilines is 2. The van der Waals surface area contributed by atoms with E-state index in [9.17, 15) is 33.9 Å². The number of nitrogens with one attached hydrogen (secondary N) is 7. The van der Waals surface area contributed by atoms with E-state index in [-0.39, 0.29) is 84.4 Å². The van der Waals surface area contributed by atoms with Crippen molar-refractivity contribution in [2.45, 2.75) is 82.9 Å². The summed E-state index contributed by atoms with van der Waals surface area (Å²) in [5.41, 5.74) is 7.93. The van der Waals surface area contributed by atoms with Gasteiger partial charge in [0.25, 0.3) is 11.9 Å². The van der Waals surface area contributed by atoms with E-state index < -0.39 is 5.25 Å². The first kappa shape index (κ1) is 49.5. The number of aromatic hydroxyl groups is 1. The van der Waals surface area contributed by atoms with Crippen molar-refractivity contribution in [2.24, 2.45) is 11.8 Å². The molecule has 1 atom stereocenters. The summed E-state index contributed by atoms with van der Waals surface area (Å²) >= 11 is 1.21. The van der Waals surface area contributed by atoms with E-state index in [2.05, 4.69) is 52.2 Å². The van der Waals surface area contributed by atoms with Gasteiger partial charge in [-0.1, -0.05) is 19.1 Å². The number of amides is 6. The van der Waals surface area contributed by atoms with Gasteiger partial charge in [0.2, 0.25) is 35.5 Å². The van der Waals surface area contributed by atoms with Crippen molar-refractivity contribution >= 4 is 70.1 Å². The fourth-order valence-corrected chi connectivity index (χ4v) is 8.62. The first-order valence-corrected chi connectivity index (χ1v) is 23.5. The number of likely N-dealkylation sites (tertiary alicyclic amines) is 1. The van der Waals surface area contributed by atoms with E-state index in [1.807, 2.05) is 6.92 Å². The zero-order chi connectivity index (χ0) is 45.8. The molecule has 10 N–H and O–H groups in total. The first-order chi connectivity index (χ1) is 31.0. The van der Waals surface area contributed by atoms with Gasteiger partial charge in [0.1, 0.15) is 0 Å². The number of aromatic nitrogens is 4. The standard InChI is InChI=1S/C43H65N13O7S/c1-3-16-50-42-53-37(44)36-38(54-42)56(43(63)52-36)26-29-10-14-31(15-11-29)40(61)51-24-33(57)48-21-6-19-46-17-4-5-18-47-20-7-22-49-39(60)30-12-8-28(9-13-30)25-55-35(59)23-32(41(55)62)64-27-34(58)45-2/h10-11,14-15,28,30,32,46-47H,3-9,12-13,16-27H2,1-2H3,(H,45,58)(H,48,57)(H,49,60)(H,51,61)(H,52,63)(H3,44,50,53,54). The Balaban J connectivity index is 0.823. The molecule has 0 bridgehead atoms. The molecule has 1 aromatic carbocycles. The van der Waals surface area contributed by atoms with E-state index in [1.165, 1.54) is 21.2 Å². The van der Waals surface area contributed by atoms with E-state index >= 15 is 0 Å². The van der Waals surface area contributed by atoms with Gasteiger partial charge in [-0.05, 0) is 108 Å². The van der Waals surface area contributed by atoms with Crippen molar-refractivity contribution < 1.29 is 33.9 Å². The maximum atomic E-state index is 12.8. The molecule has 1 aliphatic carbocycles. The van der Waals surface area contributed by atoms with E-state index in [1.54, 1.807) is 31.3 Å². The molecular weight excluding hydrogens is 843 g/mol. The Morgan fingerprint density at radius 3 is 2.17 bits per heavy atom. The third-order valence-corrected chi connectivity index (χ3v) is 12.5. The Bertz CT molecular complexity index is 2040.